The molecule has 1 atom stereocenters. The molecule has 23 heavy (non-hydrogen) atoms. The number of amides is 1. The minimum Gasteiger partial charge on any atom is -0.326 e. The van der Waals surface area contributed by atoms with E-state index in [9.17, 15) is 13.2 Å². The molecule has 1 heterocycles. The number of rotatable bonds is 5. The Labute approximate surface area is 138 Å². The first-order valence-electron chi connectivity index (χ1n) is 7.85. The normalized spacial score (nSPS) is 17.7. The number of anilines is 1. The number of sulfonamides is 1. The fourth-order valence-electron chi connectivity index (χ4n) is 2.73. The van der Waals surface area contributed by atoms with E-state index in [4.69, 9.17) is 0 Å². The quantitative estimate of drug-likeness (QED) is 0.842. The Morgan fingerprint density at radius 2 is 1.78 bits per heavy atom. The molecule has 1 fully saturated rings. The largest absolute Gasteiger partial charge is 0.326 e. The number of carbonyl (C=O) groups excluding carboxylic acids is 1. The first-order valence-corrected chi connectivity index (χ1v) is 9.46. The highest BCUT2D eigenvalue weighted by Gasteiger charge is 2.28. The molecule has 2 rings (SSSR count). The van der Waals surface area contributed by atoms with Crippen LogP contribution in [-0.4, -0.2) is 50.6 Å². The molecule has 1 aromatic carbocycles. The van der Waals surface area contributed by atoms with Crippen LogP contribution < -0.4 is 10.6 Å². The van der Waals surface area contributed by atoms with Crippen molar-refractivity contribution in [2.45, 2.75) is 20.8 Å². The molecular weight excluding hydrogens is 314 g/mol. The number of nitrogens with zero attached hydrogens (tertiary/aromatic N) is 1. The summed E-state index contributed by atoms with van der Waals surface area (Å²) in [5.41, 5.74) is 2.82. The number of nitrogens with one attached hydrogen (secondary N) is 2. The summed E-state index contributed by atoms with van der Waals surface area (Å²) in [5, 5.41) is 5.94. The van der Waals surface area contributed by atoms with E-state index in [2.05, 4.69) is 10.6 Å². The Balaban J connectivity index is 1.99. The van der Waals surface area contributed by atoms with E-state index in [0.717, 1.165) is 11.1 Å². The Morgan fingerprint density at radius 3 is 2.35 bits per heavy atom. The Hall–Kier alpha value is -1.44. The first-order chi connectivity index (χ1) is 10.8. The lowest BCUT2D eigenvalue weighted by Gasteiger charge is -2.27. The molecule has 1 aromatic rings. The number of piperazine rings is 1. The highest BCUT2D eigenvalue weighted by molar-refractivity contribution is 7.89. The molecule has 2 N–H and O–H groups in total. The van der Waals surface area contributed by atoms with Crippen LogP contribution >= 0.6 is 0 Å². The van der Waals surface area contributed by atoms with Crippen LogP contribution in [0, 0.1) is 19.8 Å². The second-order valence-corrected chi connectivity index (χ2v) is 8.21. The van der Waals surface area contributed by atoms with Gasteiger partial charge in [-0.05, 0) is 37.1 Å². The third-order valence-electron chi connectivity index (χ3n) is 3.87. The van der Waals surface area contributed by atoms with Crippen molar-refractivity contribution < 1.29 is 13.2 Å². The minimum absolute atomic E-state index is 0.163. The average Bonchev–Trinajstić information content (AvgIpc) is 2.46. The van der Waals surface area contributed by atoms with Gasteiger partial charge >= 0.3 is 0 Å². The SMILES string of the molecule is Cc1cc(C)cc(NC(=O)C(C)CS(=O)(=O)N2CCNCC2)c1. The van der Waals surface area contributed by atoms with E-state index >= 15 is 0 Å². The van der Waals surface area contributed by atoms with E-state index in [1.54, 1.807) is 6.92 Å². The Bertz CT molecular complexity index is 647. The Kier molecular flexibility index (Phi) is 5.78. The molecule has 1 aliphatic heterocycles. The van der Waals surface area contributed by atoms with Crippen LogP contribution in [0.5, 0.6) is 0 Å². The van der Waals surface area contributed by atoms with E-state index < -0.39 is 15.9 Å². The number of carbonyl (C=O) groups is 1. The number of hydrogen-bond donors (Lipinski definition) is 2. The van der Waals surface area contributed by atoms with Gasteiger partial charge in [-0.25, -0.2) is 8.42 Å². The van der Waals surface area contributed by atoms with Crippen LogP contribution in [0.2, 0.25) is 0 Å². The van der Waals surface area contributed by atoms with Gasteiger partial charge in [0.2, 0.25) is 15.9 Å². The molecule has 7 heteroatoms. The lowest BCUT2D eigenvalue weighted by atomic mass is 10.1. The molecule has 1 unspecified atom stereocenters. The van der Waals surface area contributed by atoms with E-state index in [0.29, 0.717) is 31.9 Å². The molecule has 0 saturated carbocycles. The van der Waals surface area contributed by atoms with Crippen molar-refractivity contribution in [1.29, 1.82) is 0 Å². The molecule has 0 radical (unpaired) electrons. The zero-order valence-electron chi connectivity index (χ0n) is 13.9. The lowest BCUT2D eigenvalue weighted by Crippen LogP contribution is -2.48. The molecule has 1 amide bonds. The van der Waals surface area contributed by atoms with Gasteiger partial charge in [-0.1, -0.05) is 13.0 Å². The molecule has 0 aliphatic carbocycles. The maximum Gasteiger partial charge on any atom is 0.228 e. The van der Waals surface area contributed by atoms with Gasteiger partial charge in [0.15, 0.2) is 0 Å². The van der Waals surface area contributed by atoms with Crippen molar-refractivity contribution in [2.75, 3.05) is 37.2 Å². The third-order valence-corrected chi connectivity index (χ3v) is 5.94. The number of aryl methyl sites for hydroxylation is 2. The van der Waals surface area contributed by atoms with Crippen LogP contribution in [0.3, 0.4) is 0 Å². The van der Waals surface area contributed by atoms with Crippen molar-refractivity contribution in [3.8, 4) is 0 Å². The average molecular weight is 339 g/mol. The van der Waals surface area contributed by atoms with Crippen LogP contribution in [0.4, 0.5) is 5.69 Å². The van der Waals surface area contributed by atoms with Crippen LogP contribution in [-0.2, 0) is 14.8 Å². The first kappa shape index (κ1) is 17.9. The molecule has 1 aliphatic rings. The summed E-state index contributed by atoms with van der Waals surface area (Å²) >= 11 is 0. The maximum absolute atomic E-state index is 12.4. The van der Waals surface area contributed by atoms with E-state index in [1.807, 2.05) is 32.0 Å². The van der Waals surface area contributed by atoms with Gasteiger partial charge in [0.1, 0.15) is 0 Å². The van der Waals surface area contributed by atoms with Crippen LogP contribution in [0.1, 0.15) is 18.1 Å². The third kappa shape index (κ3) is 5.02. The van der Waals surface area contributed by atoms with Crippen LogP contribution in [0.25, 0.3) is 0 Å². The molecule has 1 saturated heterocycles. The highest BCUT2D eigenvalue weighted by Crippen LogP contribution is 2.16. The summed E-state index contributed by atoms with van der Waals surface area (Å²) in [4.78, 5) is 12.3. The fourth-order valence-corrected chi connectivity index (χ4v) is 4.46. The number of benzene rings is 1. The molecule has 128 valence electrons. The van der Waals surface area contributed by atoms with Crippen molar-refractivity contribution in [2.24, 2.45) is 5.92 Å². The molecular formula is C16H25N3O3S. The van der Waals surface area contributed by atoms with Gasteiger partial charge in [0.05, 0.1) is 11.7 Å². The van der Waals surface area contributed by atoms with Crippen molar-refractivity contribution in [3.63, 3.8) is 0 Å². The summed E-state index contributed by atoms with van der Waals surface area (Å²) in [5.74, 6) is -1.03. The summed E-state index contributed by atoms with van der Waals surface area (Å²) in [6.45, 7) is 7.81. The second kappa shape index (κ2) is 7.42. The fraction of sp³-hybridized carbons (Fsp3) is 0.562. The van der Waals surface area contributed by atoms with Crippen molar-refractivity contribution in [1.82, 2.24) is 9.62 Å². The highest BCUT2D eigenvalue weighted by atomic mass is 32.2. The zero-order chi connectivity index (χ0) is 17.0. The monoisotopic (exact) mass is 339 g/mol. The smallest absolute Gasteiger partial charge is 0.228 e. The van der Waals surface area contributed by atoms with Crippen molar-refractivity contribution in [3.05, 3.63) is 29.3 Å². The van der Waals surface area contributed by atoms with Gasteiger partial charge < -0.3 is 10.6 Å². The van der Waals surface area contributed by atoms with E-state index in [-0.39, 0.29) is 11.7 Å². The topological polar surface area (TPSA) is 78.5 Å². The minimum atomic E-state index is -3.40. The van der Waals surface area contributed by atoms with E-state index in [1.165, 1.54) is 4.31 Å². The van der Waals surface area contributed by atoms with Gasteiger partial charge in [-0.2, -0.15) is 4.31 Å². The second-order valence-electron chi connectivity index (χ2n) is 6.19. The number of hydrogen-bond acceptors (Lipinski definition) is 4. The van der Waals surface area contributed by atoms with Gasteiger partial charge in [-0.15, -0.1) is 0 Å². The summed E-state index contributed by atoms with van der Waals surface area (Å²) in [7, 11) is -3.40. The zero-order valence-corrected chi connectivity index (χ0v) is 14.7. The predicted molar refractivity (Wildman–Crippen MR) is 91.9 cm³/mol. The van der Waals surface area contributed by atoms with Crippen LogP contribution in [0.15, 0.2) is 18.2 Å². The molecule has 6 nitrogen and oxygen atoms in total. The maximum atomic E-state index is 12.4. The van der Waals surface area contributed by atoms with Crippen molar-refractivity contribution >= 4 is 21.6 Å². The summed E-state index contributed by atoms with van der Waals surface area (Å²) in [6, 6.07) is 5.78. The summed E-state index contributed by atoms with van der Waals surface area (Å²) < 4.78 is 26.2. The predicted octanol–water partition coefficient (Wildman–Crippen LogP) is 1.11. The standard InChI is InChI=1S/C16H25N3O3S/c1-12-8-13(2)10-15(9-12)18-16(20)14(3)11-23(21,22)19-6-4-17-5-7-19/h8-10,14,17H,4-7,11H2,1-3H3,(H,18,20). The molecule has 0 aromatic heterocycles. The summed E-state index contributed by atoms with van der Waals surface area (Å²) in [6.07, 6.45) is 0. The van der Waals surface area contributed by atoms with Gasteiger partial charge in [-0.3, -0.25) is 4.79 Å². The van der Waals surface area contributed by atoms with Gasteiger partial charge in [0.25, 0.3) is 0 Å². The Morgan fingerprint density at radius 1 is 1.22 bits per heavy atom. The molecule has 0 bridgehead atoms. The molecule has 0 spiro atoms. The lowest BCUT2D eigenvalue weighted by molar-refractivity contribution is -0.118. The van der Waals surface area contributed by atoms with Gasteiger partial charge in [0, 0.05) is 31.9 Å².